The minimum Gasteiger partial charge on any atom is -0.293 e. The van der Waals surface area contributed by atoms with Crippen molar-refractivity contribution in [1.82, 2.24) is 0 Å². The zero-order valence-corrected chi connectivity index (χ0v) is 41.2. The molecule has 0 unspecified atom stereocenters. The zero-order valence-electron chi connectivity index (χ0n) is 37.9. The van der Waals surface area contributed by atoms with Gasteiger partial charge in [-0.1, -0.05) is 138 Å². The van der Waals surface area contributed by atoms with Crippen molar-refractivity contribution in [2.45, 2.75) is 129 Å². The highest BCUT2D eigenvalue weighted by Crippen LogP contribution is 2.55. The smallest absolute Gasteiger partial charge is 0.179 e. The van der Waals surface area contributed by atoms with E-state index in [9.17, 15) is 0 Å². The topological polar surface area (TPSA) is 57.9 Å². The van der Waals surface area contributed by atoms with E-state index in [1.807, 2.05) is 6.07 Å². The molecular weight excluding hydrogens is 823 g/mol. The van der Waals surface area contributed by atoms with Crippen LogP contribution >= 0.6 is 45.8 Å². The molecule has 7 rings (SSSR count). The second kappa shape index (κ2) is 16.6. The van der Waals surface area contributed by atoms with Crippen LogP contribution in [0.25, 0.3) is 29.9 Å². The van der Waals surface area contributed by atoms with Crippen LogP contribution in [-0.2, 0) is 34.5 Å². The molecule has 61 heavy (non-hydrogen) atoms. The lowest BCUT2D eigenvalue weighted by Crippen LogP contribution is -2.39. The third kappa shape index (κ3) is 9.21. The highest BCUT2D eigenvalue weighted by atomic mass is 32.2. The molecule has 3 aromatic heterocycles. The number of carbonyl (C=O) groups is 2. The lowest BCUT2D eigenvalue weighted by molar-refractivity contribution is 0.0695. The average molecular weight is 882 g/mol. The van der Waals surface area contributed by atoms with E-state index in [0.717, 1.165) is 51.7 Å². The number of thiophene rings is 3. The number of Topliss-reactive ketones (excluding diaryl/α,β-unsaturated/α-hetero) is 2. The number of nitriles is 1. The van der Waals surface area contributed by atoms with E-state index in [4.69, 9.17) is 5.26 Å². The van der Waals surface area contributed by atoms with Gasteiger partial charge in [0.25, 0.3) is 0 Å². The largest absolute Gasteiger partial charge is 0.293 e. The molecule has 3 heterocycles. The molecule has 0 amide bonds. The summed E-state index contributed by atoms with van der Waals surface area (Å²) in [6.45, 7) is 26.9. The number of hydrogen-bond acceptors (Lipinski definition) is 7. The van der Waals surface area contributed by atoms with Gasteiger partial charge in [-0.3, -0.25) is 9.59 Å². The Bertz CT molecular complexity index is 2490. The van der Waals surface area contributed by atoms with Crippen LogP contribution in [0.4, 0.5) is 0 Å². The van der Waals surface area contributed by atoms with E-state index in [1.54, 1.807) is 45.8 Å². The Labute approximate surface area is 380 Å². The molecule has 3 aromatic carbocycles. The van der Waals surface area contributed by atoms with Gasteiger partial charge in [0.1, 0.15) is 5.41 Å². The van der Waals surface area contributed by atoms with Crippen molar-refractivity contribution in [3.8, 4) is 36.0 Å². The van der Waals surface area contributed by atoms with Crippen molar-refractivity contribution in [3.05, 3.63) is 135 Å². The summed E-state index contributed by atoms with van der Waals surface area (Å²) in [7, 11) is 0. The molecule has 0 atom stereocenters. The van der Waals surface area contributed by atoms with Gasteiger partial charge in [0, 0.05) is 42.8 Å². The van der Waals surface area contributed by atoms with Crippen molar-refractivity contribution in [2.24, 2.45) is 5.41 Å². The van der Waals surface area contributed by atoms with Gasteiger partial charge in [0.2, 0.25) is 0 Å². The molecular formula is C54H59NO2S4. The molecule has 1 aliphatic rings. The van der Waals surface area contributed by atoms with Gasteiger partial charge in [-0.05, 0) is 109 Å². The predicted molar refractivity (Wildman–Crippen MR) is 264 cm³/mol. The minimum atomic E-state index is -1.34. The summed E-state index contributed by atoms with van der Waals surface area (Å²) >= 11 is 6.57. The Hall–Kier alpha value is -4.06. The Morgan fingerprint density at radius 2 is 1.03 bits per heavy atom. The fourth-order valence-corrected chi connectivity index (χ4v) is 12.2. The predicted octanol–water partition coefficient (Wildman–Crippen LogP) is 15.9. The molecule has 3 nitrogen and oxygen atoms in total. The quantitative estimate of drug-likeness (QED) is 0.0781. The van der Waals surface area contributed by atoms with Gasteiger partial charge in [0.15, 0.2) is 11.6 Å². The van der Waals surface area contributed by atoms with E-state index < -0.39 is 5.41 Å². The number of hydrogen-bond donors (Lipinski definition) is 0. The van der Waals surface area contributed by atoms with Crippen LogP contribution in [-0.4, -0.2) is 17.3 Å². The summed E-state index contributed by atoms with van der Waals surface area (Å²) in [6.07, 6.45) is 1.16. The number of thioether (sulfide) groups is 1. The molecule has 0 spiro atoms. The number of carbonyl (C=O) groups excluding carboxylic acids is 2. The molecule has 7 heteroatoms. The Morgan fingerprint density at radius 1 is 0.574 bits per heavy atom. The normalized spacial score (nSPS) is 14.4. The first-order valence-electron chi connectivity index (χ1n) is 21.3. The molecule has 0 bridgehead atoms. The van der Waals surface area contributed by atoms with E-state index in [-0.39, 0.29) is 33.2 Å². The molecule has 0 fully saturated rings. The third-order valence-corrected chi connectivity index (χ3v) is 16.5. The lowest BCUT2D eigenvalue weighted by atomic mass is 9.70. The van der Waals surface area contributed by atoms with Crippen LogP contribution in [0, 0.1) is 16.7 Å². The van der Waals surface area contributed by atoms with Crippen molar-refractivity contribution in [3.63, 3.8) is 0 Å². The Morgan fingerprint density at radius 3 is 1.46 bits per heavy atom. The summed E-state index contributed by atoms with van der Waals surface area (Å²) in [4.78, 5) is 38.0. The summed E-state index contributed by atoms with van der Waals surface area (Å²) in [6, 6.07) is 32.8. The summed E-state index contributed by atoms with van der Waals surface area (Å²) in [5.74, 6) is 0.645. The maximum atomic E-state index is 16.0. The number of ketones is 2. The van der Waals surface area contributed by atoms with Gasteiger partial charge in [-0.2, -0.15) is 5.26 Å². The molecule has 0 aliphatic heterocycles. The molecule has 0 saturated heterocycles. The molecule has 316 valence electrons. The van der Waals surface area contributed by atoms with Crippen LogP contribution in [0.5, 0.6) is 0 Å². The summed E-state index contributed by atoms with van der Waals surface area (Å²) < 4.78 is 0. The second-order valence-electron chi connectivity index (χ2n) is 20.9. The zero-order chi connectivity index (χ0) is 44.3. The monoisotopic (exact) mass is 881 g/mol. The van der Waals surface area contributed by atoms with Gasteiger partial charge >= 0.3 is 0 Å². The maximum absolute atomic E-state index is 16.0. The van der Waals surface area contributed by atoms with Gasteiger partial charge in [-0.25, -0.2) is 0 Å². The summed E-state index contributed by atoms with van der Waals surface area (Å²) in [5.41, 5.74) is 7.34. The maximum Gasteiger partial charge on any atom is 0.179 e. The minimum absolute atomic E-state index is 0.0587. The first kappa shape index (κ1) is 45.0. The number of benzene rings is 3. The van der Waals surface area contributed by atoms with Crippen molar-refractivity contribution in [2.75, 3.05) is 5.75 Å². The van der Waals surface area contributed by atoms with Crippen LogP contribution in [0.15, 0.2) is 95.2 Å². The van der Waals surface area contributed by atoms with Crippen LogP contribution in [0.2, 0.25) is 0 Å². The third-order valence-electron chi connectivity index (χ3n) is 11.9. The highest BCUT2D eigenvalue weighted by Gasteiger charge is 2.56. The van der Waals surface area contributed by atoms with Crippen LogP contribution in [0.1, 0.15) is 144 Å². The lowest BCUT2D eigenvalue weighted by Gasteiger charge is -2.32. The molecule has 6 aromatic rings. The van der Waals surface area contributed by atoms with E-state index in [1.165, 1.54) is 22.3 Å². The average Bonchev–Trinajstić information content (AvgIpc) is 3.99. The molecule has 0 saturated carbocycles. The van der Waals surface area contributed by atoms with Gasteiger partial charge in [-0.15, -0.1) is 45.8 Å². The molecule has 0 radical (unpaired) electrons. The first-order chi connectivity index (χ1) is 28.5. The van der Waals surface area contributed by atoms with E-state index in [0.29, 0.717) is 30.4 Å². The second-order valence-corrected chi connectivity index (χ2v) is 25.1. The van der Waals surface area contributed by atoms with Gasteiger partial charge in [0.05, 0.1) is 15.8 Å². The standard InChI is InChI=1S/C54H59NO2S4/c1-50(2,3)36-25-33(26-37(29-36)51(4,5)6)31-54(32-34-27-38(52(7,8)9)30-39(28-34)53(10,11)12)48(56)44-45(49(54)57)47(61-46(44)42-15-13-23-59-42)43-21-20-41(60-43)35-16-18-40(19-17-35)58-24-14-22-55/h13,15-21,23,25-30H,14,24,31-32H2,1-12H3. The van der Waals surface area contributed by atoms with E-state index in [2.05, 4.69) is 173 Å². The Balaban J connectivity index is 1.42. The van der Waals surface area contributed by atoms with Crippen molar-refractivity contribution in [1.29, 1.82) is 5.26 Å². The summed E-state index contributed by atoms with van der Waals surface area (Å²) in [5, 5.41) is 11.0. The van der Waals surface area contributed by atoms with Crippen molar-refractivity contribution >= 4 is 57.3 Å². The first-order valence-corrected chi connectivity index (χ1v) is 24.8. The number of fused-ring (bicyclic) bond motifs is 1. The number of rotatable bonds is 10. The van der Waals surface area contributed by atoms with Crippen LogP contribution < -0.4 is 0 Å². The van der Waals surface area contributed by atoms with Crippen molar-refractivity contribution < 1.29 is 9.59 Å². The van der Waals surface area contributed by atoms with Crippen LogP contribution in [0.3, 0.4) is 0 Å². The fourth-order valence-electron chi connectivity index (χ4n) is 8.15. The molecule has 1 aliphatic carbocycles. The SMILES string of the molecule is CC(C)(C)c1cc(CC2(Cc3cc(C(C)(C)C)cc(C(C)(C)C)c3)C(=O)c3c(-c4cccs4)sc(-c4ccc(-c5ccc(SCCC#N)cc5)s4)c3C2=O)cc(C(C)(C)C)c1. The Kier molecular flexibility index (Phi) is 12.2. The molecule has 0 N–H and O–H groups in total. The highest BCUT2D eigenvalue weighted by molar-refractivity contribution is 7.99. The fraction of sp³-hybridized carbons (Fsp3) is 0.389. The van der Waals surface area contributed by atoms with Gasteiger partial charge < -0.3 is 0 Å². The number of nitrogens with zero attached hydrogens (tertiary/aromatic N) is 1. The van der Waals surface area contributed by atoms with E-state index >= 15 is 9.59 Å².